The Morgan fingerprint density at radius 1 is 0.500 bits per heavy atom. The zero-order valence-electron chi connectivity index (χ0n) is 15.7. The molecule has 0 aromatic carbocycles. The predicted octanol–water partition coefficient (Wildman–Crippen LogP) is -2.06. The van der Waals surface area contributed by atoms with Crippen LogP contribution < -0.4 is 0 Å². The Hall–Kier alpha value is -3.37. The molecule has 0 saturated carbocycles. The van der Waals surface area contributed by atoms with E-state index < -0.39 is 62.4 Å². The highest BCUT2D eigenvalue weighted by molar-refractivity contribution is 5.80. The summed E-state index contributed by atoms with van der Waals surface area (Å²) in [5.41, 5.74) is 0. The van der Waals surface area contributed by atoms with Gasteiger partial charge in [-0.25, -0.2) is 0 Å². The van der Waals surface area contributed by atoms with Crippen LogP contribution in [0.25, 0.3) is 0 Å². The largest absolute Gasteiger partial charge is 0.480 e. The van der Waals surface area contributed by atoms with Gasteiger partial charge in [-0.15, -0.1) is 14.7 Å². The number of hydrogen-bond acceptors (Lipinski definition) is 11. The maximum Gasteiger partial charge on any atom is 0.317 e. The molecule has 16 nitrogen and oxygen atoms in total. The Morgan fingerprint density at radius 3 is 1.03 bits per heavy atom. The first-order chi connectivity index (χ1) is 14.1. The molecule has 0 atom stereocenters. The maximum absolute atomic E-state index is 11.4. The smallest absolute Gasteiger partial charge is 0.317 e. The van der Waals surface area contributed by atoms with Crippen LogP contribution in [-0.4, -0.2) is 113 Å². The van der Waals surface area contributed by atoms with E-state index in [2.05, 4.69) is 15.5 Å². The zero-order chi connectivity index (χ0) is 23.1. The minimum absolute atomic E-state index is 0.0819. The summed E-state index contributed by atoms with van der Waals surface area (Å²) in [6.45, 7) is -3.34. The Bertz CT molecular complexity index is 638. The van der Waals surface area contributed by atoms with E-state index in [1.165, 1.54) is 4.90 Å². The van der Waals surface area contributed by atoms with E-state index in [0.29, 0.717) is 0 Å². The van der Waals surface area contributed by atoms with Gasteiger partial charge < -0.3 is 10.2 Å². The van der Waals surface area contributed by atoms with Gasteiger partial charge in [0.1, 0.15) is 0 Å². The lowest BCUT2D eigenvalue weighted by Crippen LogP contribution is -2.45. The summed E-state index contributed by atoms with van der Waals surface area (Å²) in [6, 6.07) is 0. The van der Waals surface area contributed by atoms with Crippen molar-refractivity contribution in [2.24, 2.45) is 15.5 Å². The third-order valence-electron chi connectivity index (χ3n) is 3.56. The summed E-state index contributed by atoms with van der Waals surface area (Å²) in [6.07, 6.45) is 0. The van der Waals surface area contributed by atoms with E-state index >= 15 is 0 Å². The lowest BCUT2D eigenvalue weighted by molar-refractivity contribution is -0.139. The molecule has 0 radical (unpaired) electrons. The van der Waals surface area contributed by atoms with Gasteiger partial charge in [0.15, 0.2) is 0 Å². The van der Waals surface area contributed by atoms with Gasteiger partial charge in [0.25, 0.3) is 17.7 Å². The van der Waals surface area contributed by atoms with Crippen LogP contribution in [0.2, 0.25) is 0 Å². The quantitative estimate of drug-likeness (QED) is 0.250. The van der Waals surface area contributed by atoms with E-state index in [9.17, 15) is 38.7 Å². The third-order valence-corrected chi connectivity index (χ3v) is 3.56. The van der Waals surface area contributed by atoms with E-state index in [1.807, 2.05) is 0 Å². The third kappa shape index (κ3) is 12.9. The molecule has 0 spiro atoms. The fourth-order valence-electron chi connectivity index (χ4n) is 2.31. The summed E-state index contributed by atoms with van der Waals surface area (Å²) in [5.74, 6) is -5.88. The van der Waals surface area contributed by atoms with Crippen molar-refractivity contribution in [2.75, 3.05) is 58.9 Å². The first-order valence-corrected chi connectivity index (χ1v) is 8.30. The topological polar surface area (TPSA) is 224 Å². The highest BCUT2D eigenvalue weighted by Crippen LogP contribution is 1.98. The van der Waals surface area contributed by atoms with Crippen LogP contribution >= 0.6 is 0 Å². The fourth-order valence-corrected chi connectivity index (χ4v) is 2.31. The molecule has 0 aromatic heterocycles. The average Bonchev–Trinajstić information content (AvgIpc) is 2.68. The van der Waals surface area contributed by atoms with Crippen molar-refractivity contribution < 1.29 is 34.2 Å². The van der Waals surface area contributed by atoms with Crippen LogP contribution in [0, 0.1) is 14.7 Å². The summed E-state index contributed by atoms with van der Waals surface area (Å²) >= 11 is 0. The number of nitroso groups, excluding NO2 is 3. The van der Waals surface area contributed by atoms with Crippen molar-refractivity contribution in [1.82, 2.24) is 14.7 Å². The molecule has 0 rings (SSSR count). The van der Waals surface area contributed by atoms with Gasteiger partial charge in [0.05, 0.1) is 32.7 Å². The molecule has 0 aliphatic carbocycles. The van der Waals surface area contributed by atoms with Gasteiger partial charge in [0.2, 0.25) is 0 Å². The number of amides is 3. The molecule has 0 aromatic rings. The molecule has 0 bridgehead atoms. The molecule has 0 fully saturated rings. The van der Waals surface area contributed by atoms with Gasteiger partial charge in [-0.2, -0.15) is 0 Å². The SMILES string of the molecule is O=NC(=O)CN(CCN(CC(=O)O)CC(=O)N=O)CCN(CC(=O)O)CC(=O)N=O. The first-order valence-electron chi connectivity index (χ1n) is 8.30. The maximum atomic E-state index is 11.4. The second-order valence-corrected chi connectivity index (χ2v) is 5.94. The van der Waals surface area contributed by atoms with E-state index in [4.69, 9.17) is 10.2 Å². The van der Waals surface area contributed by atoms with Crippen molar-refractivity contribution in [3.8, 4) is 0 Å². The number of rotatable bonds is 16. The lowest BCUT2D eigenvalue weighted by atomic mass is 10.3. The molecule has 30 heavy (non-hydrogen) atoms. The van der Waals surface area contributed by atoms with Crippen LogP contribution in [0.3, 0.4) is 0 Å². The fraction of sp³-hybridized carbons (Fsp3) is 0.643. The number of carboxylic acid groups (broad SMARTS) is 2. The summed E-state index contributed by atoms with van der Waals surface area (Å²) < 4.78 is 0. The minimum Gasteiger partial charge on any atom is -0.480 e. The zero-order valence-corrected chi connectivity index (χ0v) is 15.7. The van der Waals surface area contributed by atoms with Crippen molar-refractivity contribution in [3.05, 3.63) is 14.7 Å². The standard InChI is InChI=1S/C14H20N6O10/c21-10(15-28)5-18(1-3-19(8-13(24)25)6-11(22)16-29)2-4-20(9-14(26)27)7-12(23)17-30/h1-9H2,(H,24,25)(H,26,27). The number of aliphatic carboxylic acids is 2. The summed E-state index contributed by atoms with van der Waals surface area (Å²) in [7, 11) is 0. The molecular formula is C14H20N6O10. The number of carboxylic acids is 2. The van der Waals surface area contributed by atoms with Crippen molar-refractivity contribution in [2.45, 2.75) is 0 Å². The Balaban J connectivity index is 5.12. The molecule has 0 unspecified atom stereocenters. The predicted molar refractivity (Wildman–Crippen MR) is 97.0 cm³/mol. The number of hydrogen-bond donors (Lipinski definition) is 2. The van der Waals surface area contributed by atoms with Crippen LogP contribution in [0.15, 0.2) is 15.5 Å². The van der Waals surface area contributed by atoms with E-state index in [1.54, 1.807) is 0 Å². The first kappa shape index (κ1) is 26.6. The summed E-state index contributed by atoms with van der Waals surface area (Å²) in [5, 5.41) is 24.3. The summed E-state index contributed by atoms with van der Waals surface area (Å²) in [4.78, 5) is 89.7. The molecule has 3 amide bonds. The molecule has 0 aliphatic heterocycles. The molecule has 2 N–H and O–H groups in total. The van der Waals surface area contributed by atoms with E-state index in [-0.39, 0.29) is 26.2 Å². The Morgan fingerprint density at radius 2 is 0.767 bits per heavy atom. The van der Waals surface area contributed by atoms with Crippen molar-refractivity contribution >= 4 is 29.7 Å². The van der Waals surface area contributed by atoms with Gasteiger partial charge >= 0.3 is 11.9 Å². The molecule has 0 heterocycles. The minimum atomic E-state index is -1.29. The highest BCUT2D eigenvalue weighted by atomic mass is 16.4. The second-order valence-electron chi connectivity index (χ2n) is 5.94. The normalized spacial score (nSPS) is 10.8. The van der Waals surface area contributed by atoms with Crippen LogP contribution in [0.4, 0.5) is 0 Å². The Kier molecular flexibility index (Phi) is 13.0. The van der Waals surface area contributed by atoms with Crippen LogP contribution in [-0.2, 0) is 24.0 Å². The van der Waals surface area contributed by atoms with Crippen LogP contribution in [0.1, 0.15) is 0 Å². The molecule has 0 aliphatic rings. The molecule has 16 heteroatoms. The number of carbonyl (C=O) groups is 5. The van der Waals surface area contributed by atoms with Crippen molar-refractivity contribution in [1.29, 1.82) is 0 Å². The van der Waals surface area contributed by atoms with Crippen LogP contribution in [0.5, 0.6) is 0 Å². The molecule has 0 saturated heterocycles. The van der Waals surface area contributed by atoms with Gasteiger partial charge in [-0.05, 0) is 0 Å². The van der Waals surface area contributed by atoms with Gasteiger partial charge in [-0.3, -0.25) is 38.7 Å². The van der Waals surface area contributed by atoms with E-state index in [0.717, 1.165) is 9.80 Å². The average molecular weight is 432 g/mol. The highest BCUT2D eigenvalue weighted by Gasteiger charge is 2.20. The number of carbonyl (C=O) groups excluding carboxylic acids is 3. The molecule has 166 valence electrons. The van der Waals surface area contributed by atoms with Gasteiger partial charge in [-0.1, -0.05) is 0 Å². The number of nitrogens with zero attached hydrogens (tertiary/aromatic N) is 6. The van der Waals surface area contributed by atoms with Gasteiger partial charge in [0, 0.05) is 41.7 Å². The second kappa shape index (κ2) is 14.6. The molecular weight excluding hydrogens is 412 g/mol. The monoisotopic (exact) mass is 432 g/mol. The van der Waals surface area contributed by atoms with Crippen molar-refractivity contribution in [3.63, 3.8) is 0 Å². The lowest BCUT2D eigenvalue weighted by Gasteiger charge is -2.27. The Labute approximate surface area is 168 Å².